The first-order chi connectivity index (χ1) is 12.0. The van der Waals surface area contributed by atoms with Gasteiger partial charge in [-0.3, -0.25) is 24.8 Å². The molecule has 0 atom stereocenters. The fourth-order valence-electron chi connectivity index (χ4n) is 2.11. The van der Waals surface area contributed by atoms with Crippen molar-refractivity contribution in [1.82, 2.24) is 19.7 Å². The van der Waals surface area contributed by atoms with Gasteiger partial charge in [-0.2, -0.15) is 0 Å². The highest BCUT2D eigenvalue weighted by Gasteiger charge is 2.24. The van der Waals surface area contributed by atoms with Gasteiger partial charge in [-0.15, -0.1) is 10.2 Å². The first kappa shape index (κ1) is 16.5. The fourth-order valence-corrected chi connectivity index (χ4v) is 3.04. The fraction of sp³-hybridized carbons (Fsp3) is 0.0714. The van der Waals surface area contributed by atoms with Gasteiger partial charge in [0.25, 0.3) is 5.69 Å². The molecule has 0 saturated heterocycles. The van der Waals surface area contributed by atoms with Crippen molar-refractivity contribution in [2.75, 3.05) is 0 Å². The van der Waals surface area contributed by atoms with Gasteiger partial charge in [-0.1, -0.05) is 18.2 Å². The second kappa shape index (κ2) is 6.65. The summed E-state index contributed by atoms with van der Waals surface area (Å²) in [7, 11) is 0. The molecule has 126 valence electrons. The maximum atomic E-state index is 11.2. The SMILES string of the molecule is Cc1nnc(Sc2ncc([N+](=O)[O-])cc2[N+](=O)[O-])n1-c1ccccc1. The maximum Gasteiger partial charge on any atom is 0.308 e. The molecule has 0 spiro atoms. The topological polar surface area (TPSA) is 130 Å². The molecule has 0 saturated carbocycles. The summed E-state index contributed by atoms with van der Waals surface area (Å²) in [5.41, 5.74) is -0.117. The Morgan fingerprint density at radius 3 is 2.44 bits per heavy atom. The van der Waals surface area contributed by atoms with Crippen LogP contribution in [0.3, 0.4) is 0 Å². The van der Waals surface area contributed by atoms with Gasteiger partial charge in [0.2, 0.25) is 5.16 Å². The Morgan fingerprint density at radius 1 is 1.08 bits per heavy atom. The molecule has 0 radical (unpaired) electrons. The zero-order valence-corrected chi connectivity index (χ0v) is 13.6. The number of hydrogen-bond acceptors (Lipinski definition) is 8. The van der Waals surface area contributed by atoms with E-state index in [1.165, 1.54) is 0 Å². The number of nitro groups is 2. The summed E-state index contributed by atoms with van der Waals surface area (Å²) in [6.07, 6.45) is 0.978. The van der Waals surface area contributed by atoms with E-state index in [4.69, 9.17) is 0 Å². The van der Waals surface area contributed by atoms with E-state index in [0.717, 1.165) is 29.7 Å². The quantitative estimate of drug-likeness (QED) is 0.502. The van der Waals surface area contributed by atoms with E-state index in [-0.39, 0.29) is 5.03 Å². The average molecular weight is 358 g/mol. The van der Waals surface area contributed by atoms with E-state index in [1.807, 2.05) is 30.3 Å². The molecule has 11 heteroatoms. The summed E-state index contributed by atoms with van der Waals surface area (Å²) in [6.45, 7) is 1.75. The van der Waals surface area contributed by atoms with Gasteiger partial charge in [-0.25, -0.2) is 4.98 Å². The third-order valence-electron chi connectivity index (χ3n) is 3.22. The highest BCUT2D eigenvalue weighted by Crippen LogP contribution is 2.35. The second-order valence-corrected chi connectivity index (χ2v) is 5.79. The molecule has 0 aliphatic carbocycles. The molecule has 1 aromatic carbocycles. The molecule has 0 aliphatic rings. The Hall–Kier alpha value is -3.34. The first-order valence-corrected chi connectivity index (χ1v) is 7.73. The minimum absolute atomic E-state index is 0.000168. The number of nitrogens with zero attached hydrogens (tertiary/aromatic N) is 6. The molecule has 0 aliphatic heterocycles. The third-order valence-corrected chi connectivity index (χ3v) is 4.18. The van der Waals surface area contributed by atoms with E-state index in [9.17, 15) is 20.2 Å². The Balaban J connectivity index is 2.05. The molecule has 10 nitrogen and oxygen atoms in total. The van der Waals surface area contributed by atoms with E-state index in [1.54, 1.807) is 11.5 Å². The van der Waals surface area contributed by atoms with Crippen molar-refractivity contribution >= 4 is 23.1 Å². The minimum Gasteiger partial charge on any atom is -0.274 e. The second-order valence-electron chi connectivity index (χ2n) is 4.83. The van der Waals surface area contributed by atoms with Gasteiger partial charge in [0.1, 0.15) is 12.0 Å². The smallest absolute Gasteiger partial charge is 0.274 e. The number of aromatic nitrogens is 4. The average Bonchev–Trinajstić information content (AvgIpc) is 2.96. The van der Waals surface area contributed by atoms with Crippen LogP contribution in [0, 0.1) is 27.2 Å². The minimum atomic E-state index is -0.731. The lowest BCUT2D eigenvalue weighted by atomic mass is 10.3. The summed E-state index contributed by atoms with van der Waals surface area (Å²) >= 11 is 0.919. The molecule has 0 N–H and O–H groups in total. The normalized spacial score (nSPS) is 10.6. The van der Waals surface area contributed by atoms with Crippen LogP contribution in [0.1, 0.15) is 5.82 Å². The van der Waals surface area contributed by atoms with Crippen LogP contribution < -0.4 is 0 Å². The van der Waals surface area contributed by atoms with Gasteiger partial charge < -0.3 is 0 Å². The Kier molecular flexibility index (Phi) is 4.39. The molecule has 2 heterocycles. The van der Waals surface area contributed by atoms with Crippen molar-refractivity contribution in [3.05, 3.63) is 68.6 Å². The van der Waals surface area contributed by atoms with E-state index in [2.05, 4.69) is 15.2 Å². The standard InChI is InChI=1S/C14H10N6O4S/c1-9-16-17-14(18(9)10-5-3-2-4-6-10)25-13-12(20(23)24)7-11(8-15-13)19(21)22/h2-8H,1H3. The highest BCUT2D eigenvalue weighted by molar-refractivity contribution is 7.99. The molecule has 0 amide bonds. The third kappa shape index (κ3) is 3.30. The first-order valence-electron chi connectivity index (χ1n) is 6.91. The monoisotopic (exact) mass is 358 g/mol. The summed E-state index contributed by atoms with van der Waals surface area (Å²) in [5.74, 6) is 0.596. The number of benzene rings is 1. The molecule has 2 aromatic heterocycles. The number of hydrogen-bond donors (Lipinski definition) is 0. The lowest BCUT2D eigenvalue weighted by Gasteiger charge is -2.07. The van der Waals surface area contributed by atoms with Crippen molar-refractivity contribution in [3.63, 3.8) is 0 Å². The van der Waals surface area contributed by atoms with E-state index < -0.39 is 21.2 Å². The summed E-state index contributed by atoms with van der Waals surface area (Å²) in [5, 5.41) is 30.4. The van der Waals surface area contributed by atoms with Crippen molar-refractivity contribution in [2.24, 2.45) is 0 Å². The summed E-state index contributed by atoms with van der Waals surface area (Å²) in [6, 6.07) is 10.1. The molecular formula is C14H10N6O4S. The number of para-hydroxylation sites is 1. The lowest BCUT2D eigenvalue weighted by molar-refractivity contribution is -0.396. The molecule has 25 heavy (non-hydrogen) atoms. The van der Waals surface area contributed by atoms with Crippen LogP contribution in [-0.2, 0) is 0 Å². The highest BCUT2D eigenvalue weighted by atomic mass is 32.2. The maximum absolute atomic E-state index is 11.2. The molecule has 0 fully saturated rings. The largest absolute Gasteiger partial charge is 0.308 e. The van der Waals surface area contributed by atoms with Crippen molar-refractivity contribution in [2.45, 2.75) is 17.1 Å². The van der Waals surface area contributed by atoms with Gasteiger partial charge in [0.15, 0.2) is 5.03 Å². The molecule has 3 rings (SSSR count). The predicted octanol–water partition coefficient (Wildman–Crippen LogP) is 2.94. The molecular weight excluding hydrogens is 348 g/mol. The van der Waals surface area contributed by atoms with Crippen LogP contribution in [0.25, 0.3) is 5.69 Å². The van der Waals surface area contributed by atoms with Gasteiger partial charge >= 0.3 is 5.69 Å². The summed E-state index contributed by atoms with van der Waals surface area (Å²) in [4.78, 5) is 24.4. The van der Waals surface area contributed by atoms with Crippen LogP contribution in [-0.4, -0.2) is 29.6 Å². The number of rotatable bonds is 5. The van der Waals surface area contributed by atoms with Crippen molar-refractivity contribution in [1.29, 1.82) is 0 Å². The zero-order valence-electron chi connectivity index (χ0n) is 12.8. The van der Waals surface area contributed by atoms with Gasteiger partial charge in [0, 0.05) is 5.69 Å². The lowest BCUT2D eigenvalue weighted by Crippen LogP contribution is -2.01. The molecule has 3 aromatic rings. The van der Waals surface area contributed by atoms with Crippen LogP contribution >= 0.6 is 11.8 Å². The van der Waals surface area contributed by atoms with Crippen LogP contribution in [0.15, 0.2) is 52.8 Å². The zero-order chi connectivity index (χ0) is 18.0. The Bertz CT molecular complexity index is 959. The van der Waals surface area contributed by atoms with Gasteiger partial charge in [-0.05, 0) is 30.8 Å². The Morgan fingerprint density at radius 2 is 1.80 bits per heavy atom. The number of pyridine rings is 1. The van der Waals surface area contributed by atoms with E-state index in [0.29, 0.717) is 11.0 Å². The number of aryl methyl sites for hydroxylation is 1. The van der Waals surface area contributed by atoms with Crippen LogP contribution in [0.4, 0.5) is 11.4 Å². The Labute approximate surface area is 144 Å². The molecule has 0 unspecified atom stereocenters. The molecule has 0 bridgehead atoms. The van der Waals surface area contributed by atoms with E-state index >= 15 is 0 Å². The predicted molar refractivity (Wildman–Crippen MR) is 87.8 cm³/mol. The van der Waals surface area contributed by atoms with Crippen molar-refractivity contribution in [3.8, 4) is 5.69 Å². The van der Waals surface area contributed by atoms with Crippen LogP contribution in [0.5, 0.6) is 0 Å². The summed E-state index contributed by atoms with van der Waals surface area (Å²) < 4.78 is 1.72. The van der Waals surface area contributed by atoms with Crippen molar-refractivity contribution < 1.29 is 9.85 Å². The van der Waals surface area contributed by atoms with Gasteiger partial charge in [0.05, 0.1) is 15.9 Å². The van der Waals surface area contributed by atoms with Crippen LogP contribution in [0.2, 0.25) is 0 Å².